The van der Waals surface area contributed by atoms with E-state index in [9.17, 15) is 9.67 Å². The zero-order valence-corrected chi connectivity index (χ0v) is 13.1. The molecule has 2 saturated carbocycles. The lowest BCUT2D eigenvalue weighted by Crippen LogP contribution is -2.63. The quantitative estimate of drug-likeness (QED) is 0.765. The summed E-state index contributed by atoms with van der Waals surface area (Å²) in [5.41, 5.74) is -0.701. The molecular weight excluding hydrogens is 257 g/mol. The van der Waals surface area contributed by atoms with Crippen LogP contribution in [0.4, 0.5) is 0 Å². The van der Waals surface area contributed by atoms with Crippen molar-refractivity contribution in [1.82, 2.24) is 5.32 Å². The van der Waals surface area contributed by atoms with Gasteiger partial charge in [-0.05, 0) is 38.8 Å². The van der Waals surface area contributed by atoms with Crippen LogP contribution in [-0.2, 0) is 4.57 Å². The Morgan fingerprint density at radius 2 is 1.74 bits per heavy atom. The Morgan fingerprint density at radius 1 is 1.05 bits per heavy atom. The Bertz CT molecular complexity index is 394. The van der Waals surface area contributed by atoms with Crippen LogP contribution in [0.3, 0.4) is 0 Å². The molecular formula is C15H28NO2P. The minimum Gasteiger partial charge on any atom is -0.387 e. The van der Waals surface area contributed by atoms with Crippen LogP contribution in [0.1, 0.15) is 64.2 Å². The summed E-state index contributed by atoms with van der Waals surface area (Å²) in [7, 11) is -2.30. The molecule has 3 unspecified atom stereocenters. The summed E-state index contributed by atoms with van der Waals surface area (Å²) in [4.78, 5) is 0. The average molecular weight is 285 g/mol. The van der Waals surface area contributed by atoms with Gasteiger partial charge in [0, 0.05) is 12.2 Å². The highest BCUT2D eigenvalue weighted by Crippen LogP contribution is 2.69. The third-order valence-corrected chi connectivity index (χ3v) is 9.42. The minimum atomic E-state index is -2.30. The smallest absolute Gasteiger partial charge is 0.107 e. The molecule has 0 spiro atoms. The number of nitrogens with one attached hydrogen (secondary N) is 1. The molecule has 4 heteroatoms. The molecule has 0 aromatic rings. The van der Waals surface area contributed by atoms with Crippen LogP contribution in [0.25, 0.3) is 0 Å². The van der Waals surface area contributed by atoms with Crippen molar-refractivity contribution < 1.29 is 9.67 Å². The summed E-state index contributed by atoms with van der Waals surface area (Å²) >= 11 is 0. The standard InChI is InChI=1S/C15H28NO2P/c1-19(18)12-11-14(17)9-5-6-10-15(14,19)16-13-7-3-2-4-8-13/h13,16-17H,2-12H2,1H3. The lowest BCUT2D eigenvalue weighted by Gasteiger charge is -2.50. The topological polar surface area (TPSA) is 49.3 Å². The van der Waals surface area contributed by atoms with Gasteiger partial charge in [-0.15, -0.1) is 0 Å². The van der Waals surface area contributed by atoms with Crippen molar-refractivity contribution in [3.8, 4) is 0 Å². The van der Waals surface area contributed by atoms with Crippen LogP contribution >= 0.6 is 7.14 Å². The maximum absolute atomic E-state index is 13.2. The maximum Gasteiger partial charge on any atom is 0.107 e. The minimum absolute atomic E-state index is 0.458. The second kappa shape index (κ2) is 4.86. The van der Waals surface area contributed by atoms with Gasteiger partial charge in [-0.2, -0.15) is 0 Å². The molecule has 0 bridgehead atoms. The molecule has 3 fully saturated rings. The molecule has 1 aliphatic heterocycles. The average Bonchev–Trinajstić information content (AvgIpc) is 2.60. The van der Waals surface area contributed by atoms with Gasteiger partial charge < -0.3 is 9.67 Å². The van der Waals surface area contributed by atoms with Crippen molar-refractivity contribution >= 4 is 7.14 Å². The van der Waals surface area contributed by atoms with E-state index in [0.717, 1.165) is 38.3 Å². The number of hydrogen-bond acceptors (Lipinski definition) is 3. The Balaban J connectivity index is 1.89. The van der Waals surface area contributed by atoms with Crippen molar-refractivity contribution in [2.45, 2.75) is 81.1 Å². The van der Waals surface area contributed by atoms with E-state index in [1.54, 1.807) is 0 Å². The molecule has 19 heavy (non-hydrogen) atoms. The van der Waals surface area contributed by atoms with Gasteiger partial charge in [0.1, 0.15) is 12.4 Å². The van der Waals surface area contributed by atoms with Gasteiger partial charge in [0.05, 0.1) is 5.60 Å². The van der Waals surface area contributed by atoms with Crippen molar-refractivity contribution in [3.05, 3.63) is 0 Å². The summed E-state index contributed by atoms with van der Waals surface area (Å²) in [6, 6.07) is 0.477. The van der Waals surface area contributed by atoms with E-state index in [4.69, 9.17) is 0 Å². The molecule has 1 saturated heterocycles. The molecule has 2 N–H and O–H groups in total. The van der Waals surface area contributed by atoms with Gasteiger partial charge in [0.15, 0.2) is 0 Å². The Morgan fingerprint density at radius 3 is 2.47 bits per heavy atom. The molecule has 3 atom stereocenters. The molecule has 3 nitrogen and oxygen atoms in total. The Hall–Kier alpha value is 0.150. The fourth-order valence-electron chi connectivity index (χ4n) is 4.76. The fraction of sp³-hybridized carbons (Fsp3) is 1.00. The largest absolute Gasteiger partial charge is 0.387 e. The normalized spacial score (nSPS) is 48.1. The van der Waals surface area contributed by atoms with Crippen LogP contribution in [0.5, 0.6) is 0 Å². The highest BCUT2D eigenvalue weighted by molar-refractivity contribution is 7.65. The molecule has 0 aromatic heterocycles. The molecule has 1 heterocycles. The van der Waals surface area contributed by atoms with E-state index >= 15 is 0 Å². The summed E-state index contributed by atoms with van der Waals surface area (Å²) < 4.78 is 13.2. The van der Waals surface area contributed by atoms with E-state index in [-0.39, 0.29) is 0 Å². The summed E-state index contributed by atoms with van der Waals surface area (Å²) in [6.07, 6.45) is 11.7. The van der Waals surface area contributed by atoms with Crippen LogP contribution in [0, 0.1) is 0 Å². The van der Waals surface area contributed by atoms with Crippen LogP contribution in [0.2, 0.25) is 0 Å². The van der Waals surface area contributed by atoms with Gasteiger partial charge in [0.2, 0.25) is 0 Å². The van der Waals surface area contributed by atoms with Crippen molar-refractivity contribution in [2.24, 2.45) is 0 Å². The highest BCUT2D eigenvalue weighted by Gasteiger charge is 2.64. The zero-order chi connectivity index (χ0) is 13.6. The van der Waals surface area contributed by atoms with Gasteiger partial charge in [-0.25, -0.2) is 0 Å². The fourth-order valence-corrected chi connectivity index (χ4v) is 8.13. The van der Waals surface area contributed by atoms with E-state index in [1.165, 1.54) is 32.1 Å². The molecule has 110 valence electrons. The van der Waals surface area contributed by atoms with Crippen molar-refractivity contribution in [2.75, 3.05) is 12.8 Å². The third kappa shape index (κ3) is 2.13. The monoisotopic (exact) mass is 285 g/mol. The molecule has 0 radical (unpaired) electrons. The number of hydrogen-bond donors (Lipinski definition) is 2. The maximum atomic E-state index is 13.2. The van der Waals surface area contributed by atoms with Gasteiger partial charge in [-0.1, -0.05) is 32.1 Å². The van der Waals surface area contributed by atoms with Crippen molar-refractivity contribution in [1.29, 1.82) is 0 Å². The van der Waals surface area contributed by atoms with Gasteiger partial charge in [0.25, 0.3) is 0 Å². The summed E-state index contributed by atoms with van der Waals surface area (Å²) in [6.45, 7) is 1.94. The van der Waals surface area contributed by atoms with E-state index in [2.05, 4.69) is 5.32 Å². The van der Waals surface area contributed by atoms with Crippen LogP contribution < -0.4 is 5.32 Å². The SMILES string of the molecule is CP1(=O)CCC2(O)CCCCC21NC1CCCCC1. The third-order valence-electron chi connectivity index (χ3n) is 5.96. The Kier molecular flexibility index (Phi) is 3.61. The molecule has 3 rings (SSSR count). The number of aliphatic hydroxyl groups is 1. The first-order valence-corrected chi connectivity index (χ1v) is 10.4. The summed E-state index contributed by atoms with van der Waals surface area (Å²) in [5, 5.41) is 14.4. The molecule has 0 aromatic carbocycles. The zero-order valence-electron chi connectivity index (χ0n) is 12.2. The van der Waals surface area contributed by atoms with Gasteiger partial charge >= 0.3 is 0 Å². The predicted molar refractivity (Wildman–Crippen MR) is 79.2 cm³/mol. The number of fused-ring (bicyclic) bond motifs is 1. The van der Waals surface area contributed by atoms with Gasteiger partial charge in [-0.3, -0.25) is 5.32 Å². The highest BCUT2D eigenvalue weighted by atomic mass is 31.2. The lowest BCUT2D eigenvalue weighted by atomic mass is 9.77. The number of rotatable bonds is 2. The van der Waals surface area contributed by atoms with Crippen molar-refractivity contribution in [3.63, 3.8) is 0 Å². The van der Waals surface area contributed by atoms with E-state index in [1.807, 2.05) is 6.66 Å². The Labute approximate surface area is 116 Å². The first-order valence-electron chi connectivity index (χ1n) is 8.06. The van der Waals surface area contributed by atoms with E-state index in [0.29, 0.717) is 6.04 Å². The first-order chi connectivity index (χ1) is 8.99. The first kappa shape index (κ1) is 14.1. The molecule has 3 aliphatic rings. The van der Waals surface area contributed by atoms with Crippen LogP contribution in [0.15, 0.2) is 0 Å². The molecule has 2 aliphatic carbocycles. The lowest BCUT2D eigenvalue weighted by molar-refractivity contribution is -0.0440. The second-order valence-corrected chi connectivity index (χ2v) is 10.6. The van der Waals surface area contributed by atoms with Crippen LogP contribution in [-0.4, -0.2) is 34.9 Å². The second-order valence-electron chi connectivity index (χ2n) is 7.15. The summed E-state index contributed by atoms with van der Waals surface area (Å²) in [5.74, 6) is 0. The molecule has 0 amide bonds. The van der Waals surface area contributed by atoms with E-state index < -0.39 is 18.0 Å². The predicted octanol–water partition coefficient (Wildman–Crippen LogP) is 3.31.